The Kier molecular flexibility index (Phi) is 2.82. The SMILES string of the molecule is O=C(c1ccc[nH]1)N1CCC2(CC1)C(=O)Nc1ccccc12. The average molecular weight is 295 g/mol. The molecule has 4 rings (SSSR count). The summed E-state index contributed by atoms with van der Waals surface area (Å²) >= 11 is 0. The van der Waals surface area contributed by atoms with Crippen molar-refractivity contribution >= 4 is 17.5 Å². The van der Waals surface area contributed by atoms with E-state index in [2.05, 4.69) is 10.3 Å². The molecule has 22 heavy (non-hydrogen) atoms. The van der Waals surface area contributed by atoms with Crippen LogP contribution in [-0.2, 0) is 10.2 Å². The summed E-state index contributed by atoms with van der Waals surface area (Å²) < 4.78 is 0. The molecule has 0 saturated carbocycles. The number of amides is 2. The van der Waals surface area contributed by atoms with Gasteiger partial charge in [0.1, 0.15) is 5.69 Å². The number of likely N-dealkylation sites (tertiary alicyclic amines) is 1. The molecule has 2 amide bonds. The van der Waals surface area contributed by atoms with Crippen LogP contribution in [0.3, 0.4) is 0 Å². The molecule has 2 N–H and O–H groups in total. The number of carbonyl (C=O) groups excluding carboxylic acids is 2. The number of aromatic nitrogens is 1. The van der Waals surface area contributed by atoms with Crippen molar-refractivity contribution in [1.29, 1.82) is 0 Å². The molecule has 1 saturated heterocycles. The molecule has 0 bridgehead atoms. The number of para-hydroxylation sites is 1. The lowest BCUT2D eigenvalue weighted by Gasteiger charge is -2.37. The number of carbonyl (C=O) groups is 2. The van der Waals surface area contributed by atoms with E-state index in [1.165, 1.54) is 0 Å². The van der Waals surface area contributed by atoms with Gasteiger partial charge in [-0.3, -0.25) is 9.59 Å². The standard InChI is InChI=1S/C17H17N3O2/c21-15(14-6-3-9-18-14)20-10-7-17(8-11-20)12-4-1-2-5-13(12)19-16(17)22/h1-6,9,18H,7-8,10-11H2,(H,19,22). The zero-order valence-electron chi connectivity index (χ0n) is 12.1. The molecule has 0 atom stereocenters. The minimum atomic E-state index is -0.469. The zero-order valence-corrected chi connectivity index (χ0v) is 12.1. The van der Waals surface area contributed by atoms with E-state index < -0.39 is 5.41 Å². The van der Waals surface area contributed by atoms with E-state index in [1.54, 1.807) is 12.3 Å². The number of benzene rings is 1. The lowest BCUT2D eigenvalue weighted by molar-refractivity contribution is -0.122. The van der Waals surface area contributed by atoms with Gasteiger partial charge in [0.2, 0.25) is 5.91 Å². The second-order valence-corrected chi connectivity index (χ2v) is 5.96. The van der Waals surface area contributed by atoms with Crippen molar-refractivity contribution in [2.24, 2.45) is 0 Å². The maximum Gasteiger partial charge on any atom is 0.270 e. The van der Waals surface area contributed by atoms with Gasteiger partial charge in [-0.1, -0.05) is 18.2 Å². The number of rotatable bonds is 1. The predicted octanol–water partition coefficient (Wildman–Crippen LogP) is 2.14. The van der Waals surface area contributed by atoms with E-state index in [1.807, 2.05) is 35.2 Å². The minimum Gasteiger partial charge on any atom is -0.357 e. The highest BCUT2D eigenvalue weighted by Crippen LogP contribution is 2.44. The fourth-order valence-electron chi connectivity index (χ4n) is 3.60. The van der Waals surface area contributed by atoms with Gasteiger partial charge in [-0.05, 0) is 36.6 Å². The average Bonchev–Trinajstić information content (AvgIpc) is 3.16. The van der Waals surface area contributed by atoms with Crippen molar-refractivity contribution in [2.45, 2.75) is 18.3 Å². The Labute approximate surface area is 128 Å². The molecule has 2 aliphatic rings. The van der Waals surface area contributed by atoms with Crippen LogP contribution < -0.4 is 5.32 Å². The number of H-pyrrole nitrogens is 1. The summed E-state index contributed by atoms with van der Waals surface area (Å²) in [6.45, 7) is 1.19. The van der Waals surface area contributed by atoms with Crippen LogP contribution in [0.25, 0.3) is 0 Å². The molecule has 1 spiro atoms. The smallest absolute Gasteiger partial charge is 0.270 e. The summed E-state index contributed by atoms with van der Waals surface area (Å²) in [4.78, 5) is 29.7. The first-order valence-corrected chi connectivity index (χ1v) is 7.54. The summed E-state index contributed by atoms with van der Waals surface area (Å²) in [5.74, 6) is 0.0761. The van der Waals surface area contributed by atoms with Crippen molar-refractivity contribution < 1.29 is 9.59 Å². The maximum absolute atomic E-state index is 12.5. The van der Waals surface area contributed by atoms with E-state index in [0.29, 0.717) is 31.6 Å². The highest BCUT2D eigenvalue weighted by atomic mass is 16.2. The van der Waals surface area contributed by atoms with E-state index in [9.17, 15) is 9.59 Å². The van der Waals surface area contributed by atoms with Gasteiger partial charge in [0.15, 0.2) is 0 Å². The predicted molar refractivity (Wildman–Crippen MR) is 82.7 cm³/mol. The maximum atomic E-state index is 12.5. The van der Waals surface area contributed by atoms with E-state index in [-0.39, 0.29) is 11.8 Å². The fraction of sp³-hybridized carbons (Fsp3) is 0.294. The first-order chi connectivity index (χ1) is 10.7. The van der Waals surface area contributed by atoms with Crippen LogP contribution in [0.15, 0.2) is 42.6 Å². The van der Waals surface area contributed by atoms with E-state index in [0.717, 1.165) is 11.3 Å². The second kappa shape index (κ2) is 4.73. The molecule has 0 unspecified atom stereocenters. The van der Waals surface area contributed by atoms with Gasteiger partial charge in [0, 0.05) is 25.0 Å². The first kappa shape index (κ1) is 13.1. The molecule has 5 heteroatoms. The molecule has 0 radical (unpaired) electrons. The number of fused-ring (bicyclic) bond motifs is 2. The summed E-state index contributed by atoms with van der Waals surface area (Å²) in [6.07, 6.45) is 3.09. The molecule has 2 aromatic rings. The van der Waals surface area contributed by atoms with Crippen LogP contribution in [0.4, 0.5) is 5.69 Å². The van der Waals surface area contributed by atoms with E-state index >= 15 is 0 Å². The normalized spacial score (nSPS) is 19.1. The van der Waals surface area contributed by atoms with Gasteiger partial charge in [-0.2, -0.15) is 0 Å². The molecule has 112 valence electrons. The van der Waals surface area contributed by atoms with Gasteiger partial charge in [0.25, 0.3) is 5.91 Å². The van der Waals surface area contributed by atoms with Crippen molar-refractivity contribution in [3.05, 3.63) is 53.9 Å². The number of hydrogen-bond acceptors (Lipinski definition) is 2. The highest BCUT2D eigenvalue weighted by molar-refractivity contribution is 6.06. The summed E-state index contributed by atoms with van der Waals surface area (Å²) in [6, 6.07) is 11.5. The Morgan fingerprint density at radius 3 is 2.59 bits per heavy atom. The number of anilines is 1. The van der Waals surface area contributed by atoms with Crippen molar-refractivity contribution in [2.75, 3.05) is 18.4 Å². The van der Waals surface area contributed by atoms with Crippen molar-refractivity contribution in [3.8, 4) is 0 Å². The zero-order chi connectivity index (χ0) is 15.2. The molecule has 0 aliphatic carbocycles. The Bertz CT molecular complexity index is 728. The van der Waals surface area contributed by atoms with Gasteiger partial charge >= 0.3 is 0 Å². The van der Waals surface area contributed by atoms with Crippen molar-refractivity contribution in [3.63, 3.8) is 0 Å². The monoisotopic (exact) mass is 295 g/mol. The number of hydrogen-bond donors (Lipinski definition) is 2. The van der Waals surface area contributed by atoms with Crippen molar-refractivity contribution in [1.82, 2.24) is 9.88 Å². The Morgan fingerprint density at radius 1 is 1.09 bits per heavy atom. The van der Waals surface area contributed by atoms with Gasteiger partial charge < -0.3 is 15.2 Å². The lowest BCUT2D eigenvalue weighted by Crippen LogP contribution is -2.48. The molecule has 1 aromatic carbocycles. The Hall–Kier alpha value is -2.56. The summed E-state index contributed by atoms with van der Waals surface area (Å²) in [7, 11) is 0. The quantitative estimate of drug-likeness (QED) is 0.846. The third-order valence-corrected chi connectivity index (χ3v) is 4.86. The number of nitrogens with one attached hydrogen (secondary N) is 2. The molecule has 3 heterocycles. The van der Waals surface area contributed by atoms with Crippen LogP contribution in [0.5, 0.6) is 0 Å². The molecular weight excluding hydrogens is 278 g/mol. The number of aromatic amines is 1. The highest BCUT2D eigenvalue weighted by Gasteiger charge is 2.48. The van der Waals surface area contributed by atoms with Crippen LogP contribution in [0, 0.1) is 0 Å². The van der Waals surface area contributed by atoms with Crippen LogP contribution in [0.1, 0.15) is 28.9 Å². The minimum absolute atomic E-state index is 0.00606. The summed E-state index contributed by atoms with van der Waals surface area (Å²) in [5, 5.41) is 2.98. The summed E-state index contributed by atoms with van der Waals surface area (Å²) in [5.41, 5.74) is 2.12. The van der Waals surface area contributed by atoms with Crippen LogP contribution in [0.2, 0.25) is 0 Å². The lowest BCUT2D eigenvalue weighted by atomic mass is 9.73. The van der Waals surface area contributed by atoms with E-state index in [4.69, 9.17) is 0 Å². The largest absolute Gasteiger partial charge is 0.357 e. The third-order valence-electron chi connectivity index (χ3n) is 4.86. The Balaban J connectivity index is 1.57. The van der Waals surface area contributed by atoms with Crippen LogP contribution in [-0.4, -0.2) is 34.8 Å². The number of nitrogens with zero attached hydrogens (tertiary/aromatic N) is 1. The van der Waals surface area contributed by atoms with Gasteiger partial charge in [-0.25, -0.2) is 0 Å². The molecule has 2 aliphatic heterocycles. The molecule has 1 aromatic heterocycles. The molecule has 1 fully saturated rings. The van der Waals surface area contributed by atoms with Crippen LogP contribution >= 0.6 is 0 Å². The van der Waals surface area contributed by atoms with Gasteiger partial charge in [0.05, 0.1) is 5.41 Å². The molecule has 5 nitrogen and oxygen atoms in total. The fourth-order valence-corrected chi connectivity index (χ4v) is 3.60. The third kappa shape index (κ3) is 1.78. The topological polar surface area (TPSA) is 65.2 Å². The Morgan fingerprint density at radius 2 is 1.86 bits per heavy atom. The second-order valence-electron chi connectivity index (χ2n) is 5.96. The molecular formula is C17H17N3O2. The van der Waals surface area contributed by atoms with Gasteiger partial charge in [-0.15, -0.1) is 0 Å². The first-order valence-electron chi connectivity index (χ1n) is 7.54. The number of piperidine rings is 1.